The fourth-order valence-electron chi connectivity index (χ4n) is 2.01. The number of carbonyl (C=O) groups is 1. The van der Waals surface area contributed by atoms with E-state index in [1.807, 2.05) is 32.9 Å². The van der Waals surface area contributed by atoms with Gasteiger partial charge in [-0.2, -0.15) is 0 Å². The molecule has 3 aromatic rings. The number of esters is 1. The van der Waals surface area contributed by atoms with Gasteiger partial charge in [-0.05, 0) is 39.0 Å². The van der Waals surface area contributed by atoms with Gasteiger partial charge in [0.15, 0.2) is 6.61 Å². The number of hydrogen-bond acceptors (Lipinski definition) is 7. The van der Waals surface area contributed by atoms with Gasteiger partial charge in [0.1, 0.15) is 16.4 Å². The van der Waals surface area contributed by atoms with E-state index in [-0.39, 0.29) is 12.5 Å². The molecule has 114 valence electrons. The van der Waals surface area contributed by atoms with Gasteiger partial charge in [0, 0.05) is 4.88 Å². The molecule has 0 unspecified atom stereocenters. The van der Waals surface area contributed by atoms with Crippen LogP contribution in [0.2, 0.25) is 0 Å². The highest BCUT2D eigenvalue weighted by Gasteiger charge is 2.16. The van der Waals surface area contributed by atoms with Crippen LogP contribution in [0.1, 0.15) is 32.0 Å². The van der Waals surface area contributed by atoms with Crippen LogP contribution in [0.25, 0.3) is 11.5 Å². The first-order valence-electron chi connectivity index (χ1n) is 6.66. The molecule has 0 radical (unpaired) electrons. The number of nitrogens with zero attached hydrogens (tertiary/aromatic N) is 2. The van der Waals surface area contributed by atoms with Crippen LogP contribution >= 0.6 is 11.3 Å². The first kappa shape index (κ1) is 14.5. The first-order chi connectivity index (χ1) is 10.5. The fourth-order valence-corrected chi connectivity index (χ4v) is 2.77. The second kappa shape index (κ2) is 5.76. The number of ether oxygens (including phenoxy) is 1. The van der Waals surface area contributed by atoms with Crippen LogP contribution < -0.4 is 0 Å². The summed E-state index contributed by atoms with van der Waals surface area (Å²) in [6.45, 7) is 5.55. The third-order valence-corrected chi connectivity index (χ3v) is 3.99. The molecule has 0 fully saturated rings. The molecule has 0 amide bonds. The van der Waals surface area contributed by atoms with E-state index in [9.17, 15) is 4.79 Å². The largest absolute Gasteiger partial charge is 0.466 e. The number of furan rings is 1. The van der Waals surface area contributed by atoms with Gasteiger partial charge in [0.2, 0.25) is 0 Å². The molecule has 0 N–H and O–H groups in total. The van der Waals surface area contributed by atoms with Crippen molar-refractivity contribution in [3.8, 4) is 11.5 Å². The maximum absolute atomic E-state index is 11.8. The van der Waals surface area contributed by atoms with Crippen LogP contribution in [0.5, 0.6) is 0 Å². The maximum Gasteiger partial charge on any atom is 0.348 e. The van der Waals surface area contributed by atoms with Gasteiger partial charge >= 0.3 is 5.97 Å². The molecule has 0 atom stereocenters. The van der Waals surface area contributed by atoms with Gasteiger partial charge in [-0.1, -0.05) is 0 Å². The second-order valence-electron chi connectivity index (χ2n) is 4.81. The summed E-state index contributed by atoms with van der Waals surface area (Å²) in [7, 11) is 0. The van der Waals surface area contributed by atoms with Crippen molar-refractivity contribution in [2.24, 2.45) is 0 Å². The van der Waals surface area contributed by atoms with Crippen LogP contribution in [0.4, 0.5) is 0 Å². The number of rotatable bonds is 4. The van der Waals surface area contributed by atoms with Crippen molar-refractivity contribution in [1.82, 2.24) is 10.2 Å². The smallest absolute Gasteiger partial charge is 0.348 e. The highest BCUT2D eigenvalue weighted by Crippen LogP contribution is 2.25. The minimum Gasteiger partial charge on any atom is -0.466 e. The second-order valence-corrected chi connectivity index (χ2v) is 6.10. The van der Waals surface area contributed by atoms with Gasteiger partial charge in [0.05, 0.1) is 5.56 Å². The van der Waals surface area contributed by atoms with Crippen molar-refractivity contribution in [3.63, 3.8) is 0 Å². The minimum atomic E-state index is -0.395. The number of thiophene rings is 1. The van der Waals surface area contributed by atoms with Gasteiger partial charge in [-0.25, -0.2) is 4.79 Å². The highest BCUT2D eigenvalue weighted by atomic mass is 32.1. The molecule has 3 rings (SSSR count). The quantitative estimate of drug-likeness (QED) is 0.683. The van der Waals surface area contributed by atoms with E-state index in [4.69, 9.17) is 13.6 Å². The monoisotopic (exact) mass is 318 g/mol. The van der Waals surface area contributed by atoms with E-state index in [1.54, 1.807) is 6.07 Å². The molecule has 0 bridgehead atoms. The molecule has 7 heteroatoms. The van der Waals surface area contributed by atoms with E-state index in [0.29, 0.717) is 16.5 Å². The van der Waals surface area contributed by atoms with Crippen LogP contribution in [-0.2, 0) is 11.3 Å². The van der Waals surface area contributed by atoms with Gasteiger partial charge in [0.25, 0.3) is 11.8 Å². The Bertz CT molecular complexity index is 815. The Balaban J connectivity index is 1.67. The normalized spacial score (nSPS) is 10.9. The van der Waals surface area contributed by atoms with Crippen molar-refractivity contribution in [2.45, 2.75) is 27.4 Å². The summed E-state index contributed by atoms with van der Waals surface area (Å²) in [6.07, 6.45) is 0. The van der Waals surface area contributed by atoms with Crippen LogP contribution in [0.15, 0.2) is 27.0 Å². The molecule has 0 saturated heterocycles. The molecule has 22 heavy (non-hydrogen) atoms. The summed E-state index contributed by atoms with van der Waals surface area (Å²) in [5, 5.41) is 7.83. The molecule has 0 aliphatic carbocycles. The Morgan fingerprint density at radius 2 is 2.05 bits per heavy atom. The molecule has 0 saturated carbocycles. The maximum atomic E-state index is 11.8. The molecule has 0 aliphatic rings. The Morgan fingerprint density at radius 1 is 1.23 bits per heavy atom. The molecule has 3 aromatic heterocycles. The van der Waals surface area contributed by atoms with Crippen molar-refractivity contribution in [1.29, 1.82) is 0 Å². The highest BCUT2D eigenvalue weighted by molar-refractivity contribution is 7.13. The third kappa shape index (κ3) is 2.94. The van der Waals surface area contributed by atoms with Crippen molar-refractivity contribution in [2.75, 3.05) is 0 Å². The number of aromatic nitrogens is 2. The van der Waals surface area contributed by atoms with Crippen LogP contribution in [0.3, 0.4) is 0 Å². The van der Waals surface area contributed by atoms with E-state index in [1.165, 1.54) is 11.3 Å². The molecule has 6 nitrogen and oxygen atoms in total. The lowest BCUT2D eigenvalue weighted by atomic mass is 10.2. The topological polar surface area (TPSA) is 78.4 Å². The Labute approximate surface area is 130 Å². The Hall–Kier alpha value is -2.41. The standard InChI is InChI=1S/C15H14N2O4S/c1-8-6-11(10(3)20-8)14-17-16-13(21-14)7-19-15(18)12-5-4-9(2)22-12/h4-6H,7H2,1-3H3. The predicted octanol–water partition coefficient (Wildman–Crippen LogP) is 3.67. The molecule has 0 aliphatic heterocycles. The van der Waals surface area contributed by atoms with Crippen LogP contribution in [0, 0.1) is 20.8 Å². The van der Waals surface area contributed by atoms with Gasteiger partial charge in [-0.3, -0.25) is 0 Å². The summed E-state index contributed by atoms with van der Waals surface area (Å²) >= 11 is 1.38. The van der Waals surface area contributed by atoms with E-state index in [0.717, 1.165) is 16.2 Å². The summed E-state index contributed by atoms with van der Waals surface area (Å²) < 4.78 is 16.1. The number of carbonyl (C=O) groups excluding carboxylic acids is 1. The summed E-state index contributed by atoms with van der Waals surface area (Å²) in [5.41, 5.74) is 0.747. The molecule has 0 aromatic carbocycles. The lowest BCUT2D eigenvalue weighted by Crippen LogP contribution is -2.03. The average molecular weight is 318 g/mol. The zero-order valence-corrected chi connectivity index (χ0v) is 13.2. The number of aryl methyl sites for hydroxylation is 3. The third-order valence-electron chi connectivity index (χ3n) is 3.01. The first-order valence-corrected chi connectivity index (χ1v) is 7.48. The summed E-state index contributed by atoms with van der Waals surface area (Å²) in [4.78, 5) is 13.5. The molecular formula is C15H14N2O4S. The summed E-state index contributed by atoms with van der Waals surface area (Å²) in [5.74, 6) is 1.68. The van der Waals surface area contributed by atoms with E-state index >= 15 is 0 Å². The van der Waals surface area contributed by atoms with Crippen molar-refractivity contribution in [3.05, 3.63) is 45.4 Å². The van der Waals surface area contributed by atoms with E-state index < -0.39 is 5.97 Å². The average Bonchev–Trinajstić information content (AvgIpc) is 3.16. The molecule has 0 spiro atoms. The lowest BCUT2D eigenvalue weighted by Gasteiger charge is -1.98. The molecule has 3 heterocycles. The van der Waals surface area contributed by atoms with Gasteiger partial charge < -0.3 is 13.6 Å². The van der Waals surface area contributed by atoms with E-state index in [2.05, 4.69) is 10.2 Å². The van der Waals surface area contributed by atoms with Crippen LogP contribution in [-0.4, -0.2) is 16.2 Å². The summed E-state index contributed by atoms with van der Waals surface area (Å²) in [6, 6.07) is 5.43. The number of hydrogen-bond donors (Lipinski definition) is 0. The Morgan fingerprint density at radius 3 is 2.68 bits per heavy atom. The fraction of sp³-hybridized carbons (Fsp3) is 0.267. The Kier molecular flexibility index (Phi) is 3.81. The minimum absolute atomic E-state index is 0.0569. The lowest BCUT2D eigenvalue weighted by molar-refractivity contribution is 0.0444. The zero-order valence-electron chi connectivity index (χ0n) is 12.4. The van der Waals surface area contributed by atoms with Gasteiger partial charge in [-0.15, -0.1) is 21.5 Å². The molecular weight excluding hydrogens is 304 g/mol. The zero-order chi connectivity index (χ0) is 15.7. The predicted molar refractivity (Wildman–Crippen MR) is 79.6 cm³/mol. The van der Waals surface area contributed by atoms with Crippen molar-refractivity contribution >= 4 is 17.3 Å². The SMILES string of the molecule is Cc1cc(-c2nnc(COC(=O)c3ccc(C)s3)o2)c(C)o1. The van der Waals surface area contributed by atoms with Crippen molar-refractivity contribution < 1.29 is 18.4 Å².